The molecular weight excluding hydrogens is 614 g/mol. The molecule has 0 aliphatic carbocycles. The second kappa shape index (κ2) is 24.1. The maximum absolute atomic E-state index is 11.7. The average molecular weight is 674 g/mol. The summed E-state index contributed by atoms with van der Waals surface area (Å²) in [5, 5.41) is 0. The summed E-state index contributed by atoms with van der Waals surface area (Å²) in [6, 6.07) is 21.0. The van der Waals surface area contributed by atoms with Crippen LogP contribution in [-0.2, 0) is 51.6 Å². The van der Waals surface area contributed by atoms with Gasteiger partial charge in [0.15, 0.2) is 0 Å². The van der Waals surface area contributed by atoms with Gasteiger partial charge < -0.3 is 33.1 Å². The van der Waals surface area contributed by atoms with Crippen molar-refractivity contribution >= 4 is 11.9 Å². The summed E-state index contributed by atoms with van der Waals surface area (Å²) in [4.78, 5) is 28.2. The summed E-state index contributed by atoms with van der Waals surface area (Å²) < 4.78 is 10.6. The van der Waals surface area contributed by atoms with Crippen LogP contribution in [-0.4, -0.2) is 61.1 Å². The molecule has 0 heterocycles. The Kier molecular flexibility index (Phi) is 23.0. The van der Waals surface area contributed by atoms with Crippen molar-refractivity contribution in [3.05, 3.63) is 85.6 Å². The first-order chi connectivity index (χ1) is 20.9. The van der Waals surface area contributed by atoms with Gasteiger partial charge in [0, 0.05) is 13.1 Å². The number of ether oxygens (including phenoxy) is 2. The molecular formula is C38H60N2O4Zn. The third-order valence-corrected chi connectivity index (χ3v) is 6.88. The molecule has 7 heteroatoms. The molecule has 0 amide bonds. The third-order valence-electron chi connectivity index (χ3n) is 6.88. The van der Waals surface area contributed by atoms with Crippen molar-refractivity contribution in [2.24, 2.45) is 10.8 Å². The Hall–Kier alpha value is -2.08. The molecule has 0 fully saturated rings. The van der Waals surface area contributed by atoms with E-state index in [4.69, 9.17) is 9.47 Å². The maximum atomic E-state index is 11.7. The van der Waals surface area contributed by atoms with E-state index in [0.29, 0.717) is 13.2 Å². The third kappa shape index (κ3) is 21.4. The number of nitrogens with zero attached hydrogens (tertiary/aromatic N) is 2. The molecule has 2 aromatic carbocycles. The van der Waals surface area contributed by atoms with Crippen molar-refractivity contribution in [3.8, 4) is 0 Å². The van der Waals surface area contributed by atoms with Crippen LogP contribution in [0, 0.1) is 24.7 Å². The topological polar surface area (TPSA) is 59.1 Å². The number of rotatable bonds is 18. The molecule has 45 heavy (non-hydrogen) atoms. The van der Waals surface area contributed by atoms with Crippen molar-refractivity contribution in [2.45, 2.75) is 93.2 Å². The van der Waals surface area contributed by atoms with Gasteiger partial charge in [-0.25, -0.2) is 0 Å². The molecule has 2 rings (SSSR count). The zero-order valence-corrected chi connectivity index (χ0v) is 32.3. The van der Waals surface area contributed by atoms with E-state index in [1.807, 2.05) is 53.7 Å². The van der Waals surface area contributed by atoms with Gasteiger partial charge in [-0.1, -0.05) is 60.7 Å². The first-order valence-electron chi connectivity index (χ1n) is 16.3. The SMILES string of the molecule is [CH2-]CCN(CCCCOC(=O)C(C)(C)C)Cc1ccccc1.[CH2-]CCN(CCCCOC(=O)C(C)(C)C)Cc1ccccc1.[Zn+2]. The van der Waals surface area contributed by atoms with Gasteiger partial charge in [0.2, 0.25) is 0 Å². The quantitative estimate of drug-likeness (QED) is 0.0689. The van der Waals surface area contributed by atoms with Crippen LogP contribution in [0.2, 0.25) is 0 Å². The molecule has 0 aliphatic heterocycles. The van der Waals surface area contributed by atoms with E-state index in [-0.39, 0.29) is 31.4 Å². The van der Waals surface area contributed by atoms with Crippen molar-refractivity contribution in [2.75, 3.05) is 39.4 Å². The van der Waals surface area contributed by atoms with Gasteiger partial charge in [-0.05, 0) is 105 Å². The molecule has 0 saturated carbocycles. The van der Waals surface area contributed by atoms with Crippen LogP contribution >= 0.6 is 0 Å². The summed E-state index contributed by atoms with van der Waals surface area (Å²) in [5.41, 5.74) is 1.84. The van der Waals surface area contributed by atoms with Crippen LogP contribution in [0.3, 0.4) is 0 Å². The molecule has 0 saturated heterocycles. The molecule has 0 N–H and O–H groups in total. The van der Waals surface area contributed by atoms with Crippen LogP contribution in [0.15, 0.2) is 60.7 Å². The summed E-state index contributed by atoms with van der Waals surface area (Å²) >= 11 is 0. The summed E-state index contributed by atoms with van der Waals surface area (Å²) in [6.45, 7) is 26.1. The first kappa shape index (κ1) is 42.9. The second-order valence-corrected chi connectivity index (χ2v) is 13.4. The van der Waals surface area contributed by atoms with E-state index in [2.05, 4.69) is 72.2 Å². The number of benzene rings is 2. The van der Waals surface area contributed by atoms with Gasteiger partial charge in [-0.15, -0.1) is 0 Å². The predicted molar refractivity (Wildman–Crippen MR) is 183 cm³/mol. The Morgan fingerprint density at radius 1 is 0.578 bits per heavy atom. The molecule has 0 aromatic heterocycles. The minimum atomic E-state index is -0.409. The van der Waals surface area contributed by atoms with E-state index in [1.165, 1.54) is 11.1 Å². The average Bonchev–Trinajstić information content (AvgIpc) is 2.97. The number of carbonyl (C=O) groups is 2. The van der Waals surface area contributed by atoms with E-state index >= 15 is 0 Å². The van der Waals surface area contributed by atoms with E-state index in [1.54, 1.807) is 0 Å². The molecule has 6 nitrogen and oxygen atoms in total. The predicted octanol–water partition coefficient (Wildman–Crippen LogP) is 8.16. The fourth-order valence-corrected chi connectivity index (χ4v) is 4.31. The molecule has 0 unspecified atom stereocenters. The van der Waals surface area contributed by atoms with E-state index < -0.39 is 10.8 Å². The fourth-order valence-electron chi connectivity index (χ4n) is 4.31. The van der Waals surface area contributed by atoms with Crippen LogP contribution in [0.5, 0.6) is 0 Å². The van der Waals surface area contributed by atoms with Crippen molar-refractivity contribution in [3.63, 3.8) is 0 Å². The van der Waals surface area contributed by atoms with Gasteiger partial charge in [-0.3, -0.25) is 9.59 Å². The molecule has 248 valence electrons. The number of esters is 2. The molecule has 0 atom stereocenters. The largest absolute Gasteiger partial charge is 2.00 e. The monoisotopic (exact) mass is 672 g/mol. The smallest absolute Gasteiger partial charge is 0.465 e. The Morgan fingerprint density at radius 2 is 0.911 bits per heavy atom. The maximum Gasteiger partial charge on any atom is 2.00 e. The first-order valence-corrected chi connectivity index (χ1v) is 16.3. The van der Waals surface area contributed by atoms with Gasteiger partial charge in [0.25, 0.3) is 0 Å². The summed E-state index contributed by atoms with van der Waals surface area (Å²) in [7, 11) is 0. The molecule has 0 aliphatic rings. The van der Waals surface area contributed by atoms with Crippen molar-refractivity contribution in [1.82, 2.24) is 9.80 Å². The second-order valence-electron chi connectivity index (χ2n) is 13.4. The van der Waals surface area contributed by atoms with Crippen LogP contribution in [0.1, 0.15) is 91.2 Å². The minimum absolute atomic E-state index is 0. The molecule has 0 bridgehead atoms. The van der Waals surface area contributed by atoms with Gasteiger partial charge >= 0.3 is 31.4 Å². The normalized spacial score (nSPS) is 11.4. The zero-order chi connectivity index (χ0) is 32.8. The zero-order valence-electron chi connectivity index (χ0n) is 29.3. The molecule has 0 radical (unpaired) electrons. The summed E-state index contributed by atoms with van der Waals surface area (Å²) in [6.07, 6.45) is 5.70. The van der Waals surface area contributed by atoms with Gasteiger partial charge in [0.1, 0.15) is 0 Å². The van der Waals surface area contributed by atoms with Crippen LogP contribution < -0.4 is 0 Å². The molecule has 2 aromatic rings. The van der Waals surface area contributed by atoms with E-state index in [9.17, 15) is 9.59 Å². The van der Waals surface area contributed by atoms with Crippen LogP contribution in [0.4, 0.5) is 0 Å². The number of carbonyl (C=O) groups excluding carboxylic acids is 2. The molecule has 0 spiro atoms. The standard InChI is InChI=1S/2C19H30NO2.Zn/c2*1-5-13-20(16-17-11-7-6-8-12-17)14-9-10-15-22-18(21)19(2,3)4;/h2*6-8,11-12H,1,5,9-10,13-16H2,2-4H3;/q2*-1;+2. The van der Waals surface area contributed by atoms with Crippen molar-refractivity contribution < 1.29 is 38.5 Å². The Morgan fingerprint density at radius 3 is 1.20 bits per heavy atom. The Balaban J connectivity index is 0.000000842. The van der Waals surface area contributed by atoms with E-state index in [0.717, 1.165) is 77.8 Å². The Labute approximate surface area is 288 Å². The number of hydrogen-bond donors (Lipinski definition) is 0. The number of unbranched alkanes of at least 4 members (excludes halogenated alkanes) is 2. The Bertz CT molecular complexity index is 936. The van der Waals surface area contributed by atoms with Crippen molar-refractivity contribution in [1.29, 1.82) is 0 Å². The van der Waals surface area contributed by atoms with Gasteiger partial charge in [-0.2, -0.15) is 12.8 Å². The number of hydrogen-bond acceptors (Lipinski definition) is 6. The minimum Gasteiger partial charge on any atom is -0.465 e. The fraction of sp³-hybridized carbons (Fsp3) is 0.579. The van der Waals surface area contributed by atoms with Crippen LogP contribution in [0.25, 0.3) is 0 Å². The van der Waals surface area contributed by atoms with Gasteiger partial charge in [0.05, 0.1) is 24.0 Å². The summed E-state index contributed by atoms with van der Waals surface area (Å²) in [5.74, 6) is -0.238.